The first-order valence-electron chi connectivity index (χ1n) is 10.7. The van der Waals surface area contributed by atoms with Gasteiger partial charge in [-0.15, -0.1) is 0 Å². The van der Waals surface area contributed by atoms with Crippen LogP contribution in [-0.4, -0.2) is 17.1 Å². The van der Waals surface area contributed by atoms with Crippen LogP contribution < -0.4 is 10.2 Å². The molecule has 0 saturated carbocycles. The summed E-state index contributed by atoms with van der Waals surface area (Å²) in [5.74, 6) is -1.17. The molecular formula is C27H22FN3O2S. The molecule has 0 aromatic heterocycles. The summed E-state index contributed by atoms with van der Waals surface area (Å²) in [6.07, 6.45) is 0.341. The van der Waals surface area contributed by atoms with Gasteiger partial charge < -0.3 is 5.32 Å². The van der Waals surface area contributed by atoms with E-state index in [1.54, 1.807) is 36.4 Å². The number of thioether (sulfide) groups is 1. The number of hydrogen-bond acceptors (Lipinski definition) is 4. The van der Waals surface area contributed by atoms with E-state index in [1.165, 1.54) is 28.8 Å². The summed E-state index contributed by atoms with van der Waals surface area (Å²) >= 11 is 1.18. The fourth-order valence-corrected chi connectivity index (χ4v) is 4.89. The Morgan fingerprint density at radius 3 is 2.18 bits per heavy atom. The van der Waals surface area contributed by atoms with Gasteiger partial charge >= 0.3 is 0 Å². The van der Waals surface area contributed by atoms with Gasteiger partial charge in [-0.25, -0.2) is 4.39 Å². The van der Waals surface area contributed by atoms with E-state index in [0.717, 1.165) is 16.7 Å². The molecule has 0 spiro atoms. The van der Waals surface area contributed by atoms with Gasteiger partial charge in [-0.05, 0) is 62.2 Å². The predicted molar refractivity (Wildman–Crippen MR) is 133 cm³/mol. The number of benzene rings is 3. The molecule has 1 fully saturated rings. The van der Waals surface area contributed by atoms with E-state index >= 15 is 0 Å². The molecule has 1 unspecified atom stereocenters. The van der Waals surface area contributed by atoms with Gasteiger partial charge in [0.2, 0.25) is 5.91 Å². The Balaban J connectivity index is 1.71. The normalized spacial score (nSPS) is 16.8. The summed E-state index contributed by atoms with van der Waals surface area (Å²) in [6, 6.07) is 22.5. The van der Waals surface area contributed by atoms with Crippen molar-refractivity contribution >= 4 is 35.0 Å². The van der Waals surface area contributed by atoms with Crippen LogP contribution in [0, 0.1) is 31.0 Å². The summed E-state index contributed by atoms with van der Waals surface area (Å²) in [7, 11) is 0. The minimum atomic E-state index is -0.582. The molecule has 1 N–H and O–H groups in total. The number of carbonyl (C=O) groups excluding carboxylic acids is 2. The number of rotatable bonds is 5. The van der Waals surface area contributed by atoms with E-state index in [1.807, 2.05) is 44.2 Å². The maximum Gasteiger partial charge on any atom is 0.269 e. The van der Waals surface area contributed by atoms with Gasteiger partial charge in [-0.2, -0.15) is 5.26 Å². The first-order valence-corrected chi connectivity index (χ1v) is 11.6. The molecule has 4 rings (SSSR count). The second kappa shape index (κ2) is 9.94. The van der Waals surface area contributed by atoms with Crippen LogP contribution in [0.3, 0.4) is 0 Å². The van der Waals surface area contributed by atoms with Crippen molar-refractivity contribution in [3.8, 4) is 6.07 Å². The van der Waals surface area contributed by atoms with Crippen LogP contribution in [0.1, 0.15) is 16.7 Å². The molecule has 1 heterocycles. The number of nitriles is 1. The number of aryl methyl sites for hydroxylation is 2. The summed E-state index contributed by atoms with van der Waals surface area (Å²) in [5, 5.41) is 12.4. The Kier molecular flexibility index (Phi) is 6.80. The van der Waals surface area contributed by atoms with E-state index in [4.69, 9.17) is 0 Å². The number of nitrogens with zero attached hydrogens (tertiary/aromatic N) is 2. The fourth-order valence-electron chi connectivity index (χ4n) is 3.58. The van der Waals surface area contributed by atoms with Gasteiger partial charge in [-0.3, -0.25) is 14.5 Å². The number of carbonyl (C=O) groups is 2. The summed E-state index contributed by atoms with van der Waals surface area (Å²) in [4.78, 5) is 28.0. The molecule has 3 aromatic carbocycles. The first kappa shape index (κ1) is 23.3. The molecule has 1 saturated heterocycles. The van der Waals surface area contributed by atoms with Gasteiger partial charge in [0, 0.05) is 11.4 Å². The standard InChI is InChI=1S/C27H22FN3O2S/c1-17-3-11-21(12-4-17)30-25(32)23(16-29)27-31(22-13-5-18(2)6-14-22)26(33)24(34-27)15-19-7-9-20(28)10-8-19/h3-14,24H,15H2,1-2H3,(H,30,32). The van der Waals surface area contributed by atoms with E-state index in [2.05, 4.69) is 5.32 Å². The Bertz CT molecular complexity index is 1290. The van der Waals surface area contributed by atoms with Crippen molar-refractivity contribution in [2.24, 2.45) is 0 Å². The molecule has 1 aliphatic rings. The lowest BCUT2D eigenvalue weighted by Crippen LogP contribution is -2.30. The summed E-state index contributed by atoms with van der Waals surface area (Å²) in [6.45, 7) is 3.88. The third kappa shape index (κ3) is 5.03. The van der Waals surface area contributed by atoms with Gasteiger partial charge in [0.25, 0.3) is 5.91 Å². The smallest absolute Gasteiger partial charge is 0.269 e. The van der Waals surface area contributed by atoms with Crippen molar-refractivity contribution in [2.75, 3.05) is 10.2 Å². The summed E-state index contributed by atoms with van der Waals surface area (Å²) < 4.78 is 13.3. The number of amides is 2. The number of hydrogen-bond donors (Lipinski definition) is 1. The zero-order chi connectivity index (χ0) is 24.2. The lowest BCUT2D eigenvalue weighted by Gasteiger charge is -2.19. The van der Waals surface area contributed by atoms with E-state index < -0.39 is 11.2 Å². The second-order valence-corrected chi connectivity index (χ2v) is 9.25. The molecule has 1 atom stereocenters. The molecule has 0 aliphatic carbocycles. The Labute approximate surface area is 201 Å². The van der Waals surface area contributed by atoms with Gasteiger partial charge in [0.15, 0.2) is 0 Å². The van der Waals surface area contributed by atoms with E-state index in [-0.39, 0.29) is 22.3 Å². The van der Waals surface area contributed by atoms with Gasteiger partial charge in [0.05, 0.1) is 5.25 Å². The highest BCUT2D eigenvalue weighted by Gasteiger charge is 2.40. The fraction of sp³-hybridized carbons (Fsp3) is 0.148. The van der Waals surface area contributed by atoms with Crippen molar-refractivity contribution in [2.45, 2.75) is 25.5 Å². The maximum absolute atomic E-state index is 13.5. The number of anilines is 2. The van der Waals surface area contributed by atoms with Crippen LogP contribution in [0.15, 0.2) is 83.4 Å². The lowest BCUT2D eigenvalue weighted by molar-refractivity contribution is -0.117. The third-order valence-corrected chi connectivity index (χ3v) is 6.70. The number of halogens is 1. The molecule has 0 radical (unpaired) electrons. The molecule has 5 nitrogen and oxygen atoms in total. The SMILES string of the molecule is Cc1ccc(NC(=O)C(C#N)=C2SC(Cc3ccc(F)cc3)C(=O)N2c2ccc(C)cc2)cc1. The lowest BCUT2D eigenvalue weighted by atomic mass is 10.1. The monoisotopic (exact) mass is 471 g/mol. The maximum atomic E-state index is 13.5. The first-order chi connectivity index (χ1) is 16.4. The quantitative estimate of drug-likeness (QED) is 0.394. The van der Waals surface area contributed by atoms with Gasteiger partial charge in [0.1, 0.15) is 22.5 Å². The van der Waals surface area contributed by atoms with Crippen molar-refractivity contribution in [1.29, 1.82) is 5.26 Å². The average Bonchev–Trinajstić information content (AvgIpc) is 3.13. The van der Waals surface area contributed by atoms with Crippen LogP contribution in [0.5, 0.6) is 0 Å². The zero-order valence-electron chi connectivity index (χ0n) is 18.7. The number of nitrogens with one attached hydrogen (secondary N) is 1. The topological polar surface area (TPSA) is 73.2 Å². The largest absolute Gasteiger partial charge is 0.321 e. The Hall–Kier alpha value is -3.89. The zero-order valence-corrected chi connectivity index (χ0v) is 19.5. The molecule has 3 aromatic rings. The minimum absolute atomic E-state index is 0.138. The Morgan fingerprint density at radius 2 is 1.59 bits per heavy atom. The van der Waals surface area contributed by atoms with Crippen LogP contribution in [0.25, 0.3) is 0 Å². The summed E-state index contributed by atoms with van der Waals surface area (Å²) in [5.41, 5.74) is 3.86. The highest BCUT2D eigenvalue weighted by molar-refractivity contribution is 8.05. The highest BCUT2D eigenvalue weighted by atomic mass is 32.2. The molecule has 170 valence electrons. The van der Waals surface area contributed by atoms with E-state index in [9.17, 15) is 19.2 Å². The van der Waals surface area contributed by atoms with Crippen molar-refractivity contribution in [3.63, 3.8) is 0 Å². The molecule has 0 bridgehead atoms. The van der Waals surface area contributed by atoms with E-state index in [0.29, 0.717) is 17.8 Å². The van der Waals surface area contributed by atoms with Crippen LogP contribution in [0.4, 0.5) is 15.8 Å². The van der Waals surface area contributed by atoms with Crippen LogP contribution in [0.2, 0.25) is 0 Å². The van der Waals surface area contributed by atoms with Crippen LogP contribution >= 0.6 is 11.8 Å². The molecular weight excluding hydrogens is 449 g/mol. The second-order valence-electron chi connectivity index (χ2n) is 8.06. The molecule has 1 aliphatic heterocycles. The van der Waals surface area contributed by atoms with Crippen molar-refractivity contribution in [3.05, 3.63) is 106 Å². The van der Waals surface area contributed by atoms with Gasteiger partial charge in [-0.1, -0.05) is 59.3 Å². The Morgan fingerprint density at radius 1 is 1.00 bits per heavy atom. The highest BCUT2D eigenvalue weighted by Crippen LogP contribution is 2.42. The van der Waals surface area contributed by atoms with Crippen molar-refractivity contribution in [1.82, 2.24) is 0 Å². The van der Waals surface area contributed by atoms with Crippen LogP contribution in [-0.2, 0) is 16.0 Å². The molecule has 34 heavy (non-hydrogen) atoms. The third-order valence-electron chi connectivity index (χ3n) is 5.44. The molecule has 7 heteroatoms. The predicted octanol–water partition coefficient (Wildman–Crippen LogP) is 5.51. The molecule has 2 amide bonds. The average molecular weight is 472 g/mol. The van der Waals surface area contributed by atoms with Crippen molar-refractivity contribution < 1.29 is 14.0 Å². The minimum Gasteiger partial charge on any atom is -0.321 e.